The van der Waals surface area contributed by atoms with Crippen molar-refractivity contribution in [3.05, 3.63) is 34.0 Å². The fraction of sp³-hybridized carbons (Fsp3) is 0.600. The van der Waals surface area contributed by atoms with Crippen molar-refractivity contribution in [2.75, 3.05) is 50.7 Å². The number of thiazole rings is 1. The van der Waals surface area contributed by atoms with Gasteiger partial charge in [-0.3, -0.25) is 4.90 Å². The molecule has 3 rings (SSSR count). The lowest BCUT2D eigenvalue weighted by Crippen LogP contribution is -2.47. The van der Waals surface area contributed by atoms with E-state index in [1.807, 2.05) is 6.07 Å². The molecule has 1 fully saturated rings. The lowest BCUT2D eigenvalue weighted by Gasteiger charge is -2.34. The van der Waals surface area contributed by atoms with E-state index in [1.165, 1.54) is 4.88 Å². The van der Waals surface area contributed by atoms with E-state index in [0.717, 1.165) is 74.8 Å². The summed E-state index contributed by atoms with van der Waals surface area (Å²) in [6, 6.07) is 1.86. The summed E-state index contributed by atoms with van der Waals surface area (Å²) in [6.45, 7) is 13.8. The summed E-state index contributed by atoms with van der Waals surface area (Å²) in [7, 11) is 0. The van der Waals surface area contributed by atoms with Crippen molar-refractivity contribution < 1.29 is 0 Å². The van der Waals surface area contributed by atoms with Crippen molar-refractivity contribution in [3.63, 3.8) is 0 Å². The van der Waals surface area contributed by atoms with E-state index in [0.29, 0.717) is 6.54 Å². The largest absolute Gasteiger partial charge is 0.357 e. The van der Waals surface area contributed by atoms with Gasteiger partial charge in [0.05, 0.1) is 12.2 Å². The Morgan fingerprint density at radius 1 is 1.13 bits per heavy atom. The number of anilines is 1. The average molecular weight is 545 g/mol. The summed E-state index contributed by atoms with van der Waals surface area (Å²) in [6.07, 6.45) is 4.70. The highest BCUT2D eigenvalue weighted by Crippen LogP contribution is 2.17. The molecule has 0 saturated carbocycles. The quantitative estimate of drug-likeness (QED) is 0.229. The van der Waals surface area contributed by atoms with E-state index in [2.05, 4.69) is 61.1 Å². The molecule has 2 aromatic heterocycles. The molecule has 0 radical (unpaired) electrons. The highest BCUT2D eigenvalue weighted by molar-refractivity contribution is 14.0. The molecule has 0 bridgehead atoms. The normalized spacial score (nSPS) is 15.0. The molecule has 2 aromatic rings. The zero-order chi connectivity index (χ0) is 20.5. The molecule has 0 amide bonds. The smallest absolute Gasteiger partial charge is 0.225 e. The summed E-state index contributed by atoms with van der Waals surface area (Å²) in [5.41, 5.74) is 1.11. The van der Waals surface area contributed by atoms with Crippen molar-refractivity contribution in [1.82, 2.24) is 30.5 Å². The molecule has 0 atom stereocenters. The number of aliphatic imine (C=N–C) groups is 1. The molecule has 1 saturated heterocycles. The SMILES string of the molecule is CCNC(=NCc1nc(C)c(C)s1)NCCCN1CCN(c2ncccn2)CC1.I. The number of nitrogens with one attached hydrogen (secondary N) is 2. The monoisotopic (exact) mass is 544 g/mol. The van der Waals surface area contributed by atoms with Crippen molar-refractivity contribution in [3.8, 4) is 0 Å². The highest BCUT2D eigenvalue weighted by Gasteiger charge is 2.18. The second-order valence-electron chi connectivity index (χ2n) is 7.10. The topological polar surface area (TPSA) is 81.6 Å². The number of halogens is 1. The maximum Gasteiger partial charge on any atom is 0.225 e. The Kier molecular flexibility index (Phi) is 10.7. The third-order valence-electron chi connectivity index (χ3n) is 4.94. The van der Waals surface area contributed by atoms with Gasteiger partial charge < -0.3 is 15.5 Å². The Bertz CT molecular complexity index is 755. The second-order valence-corrected chi connectivity index (χ2v) is 8.39. The second kappa shape index (κ2) is 13.0. The van der Waals surface area contributed by atoms with E-state index >= 15 is 0 Å². The number of hydrogen-bond donors (Lipinski definition) is 2. The first kappa shape index (κ1) is 24.7. The van der Waals surface area contributed by atoms with Crippen LogP contribution in [0.15, 0.2) is 23.5 Å². The Morgan fingerprint density at radius 2 is 1.87 bits per heavy atom. The molecular weight excluding hydrogens is 511 g/mol. The van der Waals surface area contributed by atoms with Crippen LogP contribution in [0, 0.1) is 13.8 Å². The minimum absolute atomic E-state index is 0. The zero-order valence-corrected chi connectivity index (χ0v) is 21.2. The molecule has 0 aliphatic carbocycles. The lowest BCUT2D eigenvalue weighted by molar-refractivity contribution is 0.254. The van der Waals surface area contributed by atoms with Gasteiger partial charge in [0.2, 0.25) is 5.95 Å². The Hall–Kier alpha value is -1.53. The number of nitrogens with zero attached hydrogens (tertiary/aromatic N) is 6. The van der Waals surface area contributed by atoms with Crippen molar-refractivity contribution in [2.45, 2.75) is 33.7 Å². The van der Waals surface area contributed by atoms with Crippen LogP contribution in [0.25, 0.3) is 0 Å². The van der Waals surface area contributed by atoms with Crippen molar-refractivity contribution >= 4 is 47.2 Å². The Morgan fingerprint density at radius 3 is 2.50 bits per heavy atom. The van der Waals surface area contributed by atoms with Crippen LogP contribution in [0.2, 0.25) is 0 Å². The van der Waals surface area contributed by atoms with E-state index < -0.39 is 0 Å². The Labute approximate surface area is 200 Å². The number of piperazine rings is 1. The van der Waals surface area contributed by atoms with Crippen LogP contribution in [0.3, 0.4) is 0 Å². The van der Waals surface area contributed by atoms with Gasteiger partial charge in [-0.1, -0.05) is 0 Å². The van der Waals surface area contributed by atoms with Gasteiger partial charge in [-0.15, -0.1) is 35.3 Å². The van der Waals surface area contributed by atoms with Gasteiger partial charge in [-0.05, 0) is 39.8 Å². The summed E-state index contributed by atoms with van der Waals surface area (Å²) < 4.78 is 0. The molecule has 166 valence electrons. The first-order valence-electron chi connectivity index (χ1n) is 10.3. The van der Waals surface area contributed by atoms with Crippen LogP contribution in [0.4, 0.5) is 5.95 Å². The van der Waals surface area contributed by atoms with Gasteiger partial charge in [0, 0.05) is 56.5 Å². The van der Waals surface area contributed by atoms with Crippen LogP contribution in [0.1, 0.15) is 28.9 Å². The number of rotatable bonds is 8. The highest BCUT2D eigenvalue weighted by atomic mass is 127. The Balaban J connectivity index is 0.00000320. The molecule has 30 heavy (non-hydrogen) atoms. The number of aromatic nitrogens is 3. The van der Waals surface area contributed by atoms with Gasteiger partial charge in [0.15, 0.2) is 5.96 Å². The van der Waals surface area contributed by atoms with Crippen LogP contribution in [-0.2, 0) is 6.54 Å². The number of hydrogen-bond acceptors (Lipinski definition) is 7. The maximum atomic E-state index is 4.67. The number of aryl methyl sites for hydroxylation is 2. The fourth-order valence-electron chi connectivity index (χ4n) is 3.23. The van der Waals surface area contributed by atoms with Gasteiger partial charge in [-0.25, -0.2) is 19.9 Å². The van der Waals surface area contributed by atoms with Gasteiger partial charge in [-0.2, -0.15) is 0 Å². The first-order chi connectivity index (χ1) is 14.2. The third-order valence-corrected chi connectivity index (χ3v) is 6.00. The molecule has 10 heteroatoms. The van der Waals surface area contributed by atoms with Gasteiger partial charge in [0.25, 0.3) is 0 Å². The molecule has 1 aliphatic heterocycles. The predicted molar refractivity (Wildman–Crippen MR) is 135 cm³/mol. The minimum Gasteiger partial charge on any atom is -0.357 e. The molecular formula is C20H33IN8S. The van der Waals surface area contributed by atoms with Crippen LogP contribution < -0.4 is 15.5 Å². The van der Waals surface area contributed by atoms with Crippen LogP contribution >= 0.6 is 35.3 Å². The molecule has 1 aliphatic rings. The standard InChI is InChI=1S/C20H32N8S.HI/c1-4-21-19(25-15-18-26-16(2)17(3)29-18)22-9-6-10-27-11-13-28(14-12-27)20-23-7-5-8-24-20;/h5,7-8H,4,6,9-15H2,1-3H3,(H2,21,22,25);1H. The summed E-state index contributed by atoms with van der Waals surface area (Å²) in [5.74, 6) is 1.70. The number of guanidine groups is 1. The van der Waals surface area contributed by atoms with E-state index in [4.69, 9.17) is 0 Å². The molecule has 8 nitrogen and oxygen atoms in total. The van der Waals surface area contributed by atoms with Crippen LogP contribution in [0.5, 0.6) is 0 Å². The van der Waals surface area contributed by atoms with Crippen molar-refractivity contribution in [1.29, 1.82) is 0 Å². The van der Waals surface area contributed by atoms with Crippen LogP contribution in [-0.4, -0.2) is 71.6 Å². The first-order valence-corrected chi connectivity index (χ1v) is 11.2. The molecule has 2 N–H and O–H groups in total. The molecule has 0 spiro atoms. The summed E-state index contributed by atoms with van der Waals surface area (Å²) in [4.78, 5) is 24.0. The summed E-state index contributed by atoms with van der Waals surface area (Å²) >= 11 is 1.73. The predicted octanol–water partition coefficient (Wildman–Crippen LogP) is 2.44. The third kappa shape index (κ3) is 7.62. The van der Waals surface area contributed by atoms with Gasteiger partial charge in [0.1, 0.15) is 5.01 Å². The molecule has 0 aromatic carbocycles. The van der Waals surface area contributed by atoms with Crippen molar-refractivity contribution in [2.24, 2.45) is 4.99 Å². The lowest BCUT2D eigenvalue weighted by atomic mass is 10.3. The zero-order valence-electron chi connectivity index (χ0n) is 18.1. The molecule has 0 unspecified atom stereocenters. The maximum absolute atomic E-state index is 4.67. The fourth-order valence-corrected chi connectivity index (χ4v) is 4.09. The minimum atomic E-state index is 0. The average Bonchev–Trinajstić information content (AvgIpc) is 3.07. The van der Waals surface area contributed by atoms with E-state index in [1.54, 1.807) is 23.7 Å². The summed E-state index contributed by atoms with van der Waals surface area (Å²) in [5, 5.41) is 7.83. The van der Waals surface area contributed by atoms with E-state index in [9.17, 15) is 0 Å². The van der Waals surface area contributed by atoms with E-state index in [-0.39, 0.29) is 24.0 Å². The molecule has 3 heterocycles. The van der Waals surface area contributed by atoms with Gasteiger partial charge >= 0.3 is 0 Å².